The lowest BCUT2D eigenvalue weighted by atomic mass is 10.0. The van der Waals surface area contributed by atoms with Crippen LogP contribution in [0.15, 0.2) is 30.3 Å². The van der Waals surface area contributed by atoms with Crippen molar-refractivity contribution in [1.29, 1.82) is 0 Å². The van der Waals surface area contributed by atoms with E-state index in [2.05, 4.69) is 5.32 Å². The van der Waals surface area contributed by atoms with Crippen LogP contribution >= 0.6 is 0 Å². The number of carbonyl (C=O) groups excluding carboxylic acids is 1. The van der Waals surface area contributed by atoms with E-state index >= 15 is 0 Å². The van der Waals surface area contributed by atoms with Crippen LogP contribution in [0, 0.1) is 0 Å². The molecule has 2 nitrogen and oxygen atoms in total. The fourth-order valence-electron chi connectivity index (χ4n) is 1.88. The zero-order valence-corrected chi connectivity index (χ0v) is 8.20. The van der Waals surface area contributed by atoms with Crippen molar-refractivity contribution < 1.29 is 4.79 Å². The Morgan fingerprint density at radius 1 is 1.36 bits per heavy atom. The van der Waals surface area contributed by atoms with Crippen molar-refractivity contribution in [1.82, 2.24) is 5.32 Å². The predicted molar refractivity (Wildman–Crippen MR) is 56.2 cm³/mol. The highest BCUT2D eigenvalue weighted by atomic mass is 16.1. The SMILES string of the molecule is O=C(Cc1ccccc1)C1CCCN1. The molecule has 0 amide bonds. The van der Waals surface area contributed by atoms with Gasteiger partial charge < -0.3 is 5.32 Å². The van der Waals surface area contributed by atoms with E-state index in [0.717, 1.165) is 24.9 Å². The molecule has 2 rings (SSSR count). The van der Waals surface area contributed by atoms with Crippen molar-refractivity contribution >= 4 is 5.78 Å². The van der Waals surface area contributed by atoms with Gasteiger partial charge in [-0.3, -0.25) is 4.79 Å². The van der Waals surface area contributed by atoms with Gasteiger partial charge in [0.25, 0.3) is 0 Å². The smallest absolute Gasteiger partial charge is 0.154 e. The number of hydrogen-bond donors (Lipinski definition) is 1. The molecular formula is C12H15NO. The van der Waals surface area contributed by atoms with Gasteiger partial charge >= 0.3 is 0 Å². The molecule has 0 bridgehead atoms. The highest BCUT2D eigenvalue weighted by molar-refractivity contribution is 5.86. The van der Waals surface area contributed by atoms with Gasteiger partial charge in [0.15, 0.2) is 5.78 Å². The quantitative estimate of drug-likeness (QED) is 0.781. The topological polar surface area (TPSA) is 29.1 Å². The maximum absolute atomic E-state index is 11.8. The van der Waals surface area contributed by atoms with Gasteiger partial charge in [-0.2, -0.15) is 0 Å². The van der Waals surface area contributed by atoms with E-state index in [1.807, 2.05) is 30.3 Å². The Hall–Kier alpha value is -1.15. The molecule has 1 saturated heterocycles. The van der Waals surface area contributed by atoms with E-state index < -0.39 is 0 Å². The zero-order chi connectivity index (χ0) is 9.80. The van der Waals surface area contributed by atoms with Gasteiger partial charge in [0.2, 0.25) is 0 Å². The van der Waals surface area contributed by atoms with Crippen LogP contribution in [0.3, 0.4) is 0 Å². The molecule has 74 valence electrons. The van der Waals surface area contributed by atoms with Gasteiger partial charge in [-0.1, -0.05) is 30.3 Å². The Kier molecular flexibility index (Phi) is 2.94. The summed E-state index contributed by atoms with van der Waals surface area (Å²) in [4.78, 5) is 11.8. The van der Waals surface area contributed by atoms with Crippen LogP contribution in [-0.4, -0.2) is 18.4 Å². The summed E-state index contributed by atoms with van der Waals surface area (Å²) in [5, 5.41) is 3.23. The summed E-state index contributed by atoms with van der Waals surface area (Å²) in [6, 6.07) is 10.0. The molecule has 1 aliphatic heterocycles. The van der Waals surface area contributed by atoms with Crippen LogP contribution in [0.4, 0.5) is 0 Å². The van der Waals surface area contributed by atoms with Gasteiger partial charge in [0.05, 0.1) is 6.04 Å². The number of benzene rings is 1. The number of carbonyl (C=O) groups is 1. The first-order chi connectivity index (χ1) is 6.86. The summed E-state index contributed by atoms with van der Waals surface area (Å²) in [7, 11) is 0. The minimum Gasteiger partial charge on any atom is -0.307 e. The molecule has 2 heteroatoms. The third kappa shape index (κ3) is 2.20. The van der Waals surface area contributed by atoms with Gasteiger partial charge in [-0.25, -0.2) is 0 Å². The number of hydrogen-bond acceptors (Lipinski definition) is 2. The Balaban J connectivity index is 1.94. The molecule has 14 heavy (non-hydrogen) atoms. The number of rotatable bonds is 3. The minimum atomic E-state index is 0.107. The molecule has 1 fully saturated rings. The molecule has 0 aliphatic carbocycles. The molecule has 1 heterocycles. The van der Waals surface area contributed by atoms with Gasteiger partial charge in [0, 0.05) is 6.42 Å². The second-order valence-electron chi connectivity index (χ2n) is 3.78. The van der Waals surface area contributed by atoms with Crippen molar-refractivity contribution in [3.8, 4) is 0 Å². The largest absolute Gasteiger partial charge is 0.307 e. The van der Waals surface area contributed by atoms with E-state index in [1.165, 1.54) is 0 Å². The molecule has 0 radical (unpaired) electrons. The molecule has 0 spiro atoms. The summed E-state index contributed by atoms with van der Waals surface area (Å²) in [6.07, 6.45) is 2.70. The molecule has 1 unspecified atom stereocenters. The second-order valence-corrected chi connectivity index (χ2v) is 3.78. The molecule has 0 aromatic heterocycles. The van der Waals surface area contributed by atoms with Crippen molar-refractivity contribution in [3.63, 3.8) is 0 Å². The minimum absolute atomic E-state index is 0.107. The van der Waals surface area contributed by atoms with E-state index in [4.69, 9.17) is 0 Å². The maximum Gasteiger partial charge on any atom is 0.154 e. The van der Waals surface area contributed by atoms with E-state index in [1.54, 1.807) is 0 Å². The Labute approximate surface area is 84.3 Å². The van der Waals surface area contributed by atoms with E-state index in [9.17, 15) is 4.79 Å². The van der Waals surface area contributed by atoms with Crippen LogP contribution in [0.5, 0.6) is 0 Å². The fourth-order valence-corrected chi connectivity index (χ4v) is 1.88. The average molecular weight is 189 g/mol. The summed E-state index contributed by atoms with van der Waals surface area (Å²) in [5.74, 6) is 0.328. The molecule has 0 saturated carbocycles. The van der Waals surface area contributed by atoms with Crippen molar-refractivity contribution in [2.24, 2.45) is 0 Å². The predicted octanol–water partition coefficient (Wildman–Crippen LogP) is 1.55. The normalized spacial score (nSPS) is 21.0. The molecule has 1 N–H and O–H groups in total. The standard InChI is InChI=1S/C12H15NO/c14-12(11-7-4-8-13-11)9-10-5-2-1-3-6-10/h1-3,5-6,11,13H,4,7-9H2. The van der Waals surface area contributed by atoms with Gasteiger partial charge in [-0.05, 0) is 24.9 Å². The van der Waals surface area contributed by atoms with Gasteiger partial charge in [-0.15, -0.1) is 0 Å². The highest BCUT2D eigenvalue weighted by Gasteiger charge is 2.21. The first-order valence-electron chi connectivity index (χ1n) is 5.16. The number of nitrogens with one attached hydrogen (secondary N) is 1. The molecule has 1 atom stereocenters. The number of ketones is 1. The molecule has 1 aliphatic rings. The third-order valence-electron chi connectivity index (χ3n) is 2.67. The Morgan fingerprint density at radius 2 is 2.14 bits per heavy atom. The zero-order valence-electron chi connectivity index (χ0n) is 8.20. The third-order valence-corrected chi connectivity index (χ3v) is 2.67. The van der Waals surface area contributed by atoms with Crippen molar-refractivity contribution in [2.45, 2.75) is 25.3 Å². The second kappa shape index (κ2) is 4.38. The molecule has 1 aromatic rings. The van der Waals surface area contributed by atoms with E-state index in [0.29, 0.717) is 12.2 Å². The maximum atomic E-state index is 11.8. The van der Waals surface area contributed by atoms with E-state index in [-0.39, 0.29) is 6.04 Å². The van der Waals surface area contributed by atoms with Crippen LogP contribution in [-0.2, 0) is 11.2 Å². The fraction of sp³-hybridized carbons (Fsp3) is 0.417. The Bertz CT molecular complexity index is 301. The molecular weight excluding hydrogens is 174 g/mol. The summed E-state index contributed by atoms with van der Waals surface area (Å²) >= 11 is 0. The summed E-state index contributed by atoms with van der Waals surface area (Å²) in [6.45, 7) is 0.991. The Morgan fingerprint density at radius 3 is 2.79 bits per heavy atom. The lowest BCUT2D eigenvalue weighted by Gasteiger charge is -2.08. The van der Waals surface area contributed by atoms with Crippen molar-refractivity contribution in [3.05, 3.63) is 35.9 Å². The summed E-state index contributed by atoms with van der Waals surface area (Å²) < 4.78 is 0. The van der Waals surface area contributed by atoms with Crippen molar-refractivity contribution in [2.75, 3.05) is 6.54 Å². The lowest BCUT2D eigenvalue weighted by Crippen LogP contribution is -2.31. The number of Topliss-reactive ketones (excluding diaryl/α,β-unsaturated/α-hetero) is 1. The first kappa shape index (κ1) is 9.41. The van der Waals surface area contributed by atoms with Crippen LogP contribution in [0.2, 0.25) is 0 Å². The average Bonchev–Trinajstić information content (AvgIpc) is 2.72. The monoisotopic (exact) mass is 189 g/mol. The molecule has 1 aromatic carbocycles. The first-order valence-corrected chi connectivity index (χ1v) is 5.16. The van der Waals surface area contributed by atoms with Gasteiger partial charge in [0.1, 0.15) is 0 Å². The van der Waals surface area contributed by atoms with Crippen LogP contribution < -0.4 is 5.32 Å². The summed E-state index contributed by atoms with van der Waals surface area (Å²) in [5.41, 5.74) is 1.12. The lowest BCUT2D eigenvalue weighted by molar-refractivity contribution is -0.120. The van der Waals surface area contributed by atoms with Crippen LogP contribution in [0.25, 0.3) is 0 Å². The highest BCUT2D eigenvalue weighted by Crippen LogP contribution is 2.09. The van der Waals surface area contributed by atoms with Crippen LogP contribution in [0.1, 0.15) is 18.4 Å².